The number of aliphatic hydroxyl groups excluding tert-OH is 2. The van der Waals surface area contributed by atoms with Gasteiger partial charge < -0.3 is 25.8 Å². The highest BCUT2D eigenvalue weighted by molar-refractivity contribution is 7.87. The second-order valence-electron chi connectivity index (χ2n) is 7.00. The standard InChI is InChI=1S/C17H16FN5O8S/c18-32(29,30)17(28)12(26)9(6-24)31-16(17,11(25)8-4-2-1-3-5-8)23-7-20-10-13(23)21-15(19)22-14(10)27/h1-5,7,9,12,24,26,28H,6H2,(H3,19,21,22,27)/t9-,12-,16-,17+/m1/s1. The minimum absolute atomic E-state index is 0.264. The number of hydrogen-bond acceptors (Lipinski definition) is 11. The highest BCUT2D eigenvalue weighted by atomic mass is 32.3. The number of aromatic amines is 1. The van der Waals surface area contributed by atoms with E-state index in [1.165, 1.54) is 30.3 Å². The molecular formula is C17H16FN5O8S. The number of ether oxygens (including phenoxy) is 1. The van der Waals surface area contributed by atoms with Crippen molar-refractivity contribution in [2.75, 3.05) is 12.3 Å². The average molecular weight is 469 g/mol. The van der Waals surface area contributed by atoms with E-state index in [9.17, 15) is 37.2 Å². The molecular weight excluding hydrogens is 453 g/mol. The number of H-pyrrole nitrogens is 1. The molecule has 0 aliphatic carbocycles. The molecule has 0 unspecified atom stereocenters. The Morgan fingerprint density at radius 1 is 1.34 bits per heavy atom. The van der Waals surface area contributed by atoms with Crippen LogP contribution in [0.25, 0.3) is 11.2 Å². The van der Waals surface area contributed by atoms with E-state index in [1.54, 1.807) is 0 Å². The minimum Gasteiger partial charge on any atom is -0.394 e. The number of anilines is 1. The number of ketones is 1. The molecule has 6 N–H and O–H groups in total. The molecule has 1 fully saturated rings. The van der Waals surface area contributed by atoms with Gasteiger partial charge in [0.05, 0.1) is 6.61 Å². The largest absolute Gasteiger partial charge is 0.394 e. The maximum Gasteiger partial charge on any atom is 0.340 e. The molecule has 4 atom stereocenters. The third-order valence-corrected chi connectivity index (χ3v) is 6.48. The molecule has 32 heavy (non-hydrogen) atoms. The molecule has 0 bridgehead atoms. The second-order valence-corrected chi connectivity index (χ2v) is 8.49. The van der Waals surface area contributed by atoms with E-state index in [4.69, 9.17) is 10.5 Å². The number of carbonyl (C=O) groups is 1. The van der Waals surface area contributed by atoms with Crippen LogP contribution in [0.4, 0.5) is 9.83 Å². The molecule has 0 amide bonds. The third-order valence-electron chi connectivity index (χ3n) is 5.22. The summed E-state index contributed by atoms with van der Waals surface area (Å²) in [5, 5.41) is 31.2. The number of aliphatic hydroxyl groups is 3. The highest BCUT2D eigenvalue weighted by Gasteiger charge is 2.77. The molecule has 2 aromatic heterocycles. The van der Waals surface area contributed by atoms with Gasteiger partial charge in [-0.25, -0.2) is 4.98 Å². The molecule has 3 heterocycles. The maximum absolute atomic E-state index is 14.7. The van der Waals surface area contributed by atoms with Gasteiger partial charge >= 0.3 is 10.2 Å². The first-order valence-corrected chi connectivity index (χ1v) is 10.3. The van der Waals surface area contributed by atoms with Crippen LogP contribution in [0.15, 0.2) is 41.5 Å². The third kappa shape index (κ3) is 2.72. The van der Waals surface area contributed by atoms with Gasteiger partial charge in [-0.3, -0.25) is 19.1 Å². The number of rotatable bonds is 5. The summed E-state index contributed by atoms with van der Waals surface area (Å²) in [6.07, 6.45) is -3.86. The maximum atomic E-state index is 14.7. The first-order valence-electron chi connectivity index (χ1n) is 8.95. The van der Waals surface area contributed by atoms with Crippen LogP contribution in [0.3, 0.4) is 0 Å². The van der Waals surface area contributed by atoms with E-state index in [-0.39, 0.29) is 5.56 Å². The lowest BCUT2D eigenvalue weighted by Crippen LogP contribution is -2.64. The number of imidazole rings is 1. The van der Waals surface area contributed by atoms with Gasteiger partial charge in [-0.05, 0) is 0 Å². The van der Waals surface area contributed by atoms with Crippen LogP contribution in [-0.2, 0) is 20.7 Å². The number of carbonyl (C=O) groups excluding carboxylic acids is 1. The van der Waals surface area contributed by atoms with Gasteiger partial charge in [0.15, 0.2) is 11.2 Å². The zero-order chi connectivity index (χ0) is 23.5. The zero-order valence-electron chi connectivity index (χ0n) is 15.9. The molecule has 3 aromatic rings. The van der Waals surface area contributed by atoms with Crippen LogP contribution in [0, 0.1) is 0 Å². The Hall–Kier alpha value is -3.24. The van der Waals surface area contributed by atoms with Gasteiger partial charge in [0.1, 0.15) is 18.5 Å². The number of nitrogen functional groups attached to an aromatic ring is 1. The number of aromatic nitrogens is 4. The molecule has 4 rings (SSSR count). The Morgan fingerprint density at radius 3 is 2.59 bits per heavy atom. The van der Waals surface area contributed by atoms with Crippen LogP contribution >= 0.6 is 0 Å². The molecule has 0 saturated carbocycles. The van der Waals surface area contributed by atoms with E-state index in [0.29, 0.717) is 10.9 Å². The topological polar surface area (TPSA) is 211 Å². The number of benzene rings is 1. The van der Waals surface area contributed by atoms with Crippen LogP contribution in [0.1, 0.15) is 10.4 Å². The van der Waals surface area contributed by atoms with Crippen molar-refractivity contribution in [2.45, 2.75) is 22.9 Å². The van der Waals surface area contributed by atoms with Gasteiger partial charge in [0.25, 0.3) is 16.2 Å². The van der Waals surface area contributed by atoms with E-state index in [1.807, 2.05) is 0 Å². The molecule has 15 heteroatoms. The van der Waals surface area contributed by atoms with Crippen LogP contribution in [0.5, 0.6) is 0 Å². The first kappa shape index (κ1) is 22.0. The molecule has 13 nitrogen and oxygen atoms in total. The normalized spacial score (nSPS) is 28.2. The van der Waals surface area contributed by atoms with Gasteiger partial charge in [-0.1, -0.05) is 30.3 Å². The van der Waals surface area contributed by atoms with Crippen molar-refractivity contribution in [1.29, 1.82) is 0 Å². The van der Waals surface area contributed by atoms with E-state index in [2.05, 4.69) is 15.0 Å². The van der Waals surface area contributed by atoms with Crippen LogP contribution in [-0.4, -0.2) is 72.8 Å². The fraction of sp³-hybridized carbons (Fsp3) is 0.294. The van der Waals surface area contributed by atoms with Crippen molar-refractivity contribution in [3.8, 4) is 0 Å². The van der Waals surface area contributed by atoms with Crippen LogP contribution in [0.2, 0.25) is 0 Å². The number of nitrogens with one attached hydrogen (secondary N) is 1. The Bertz CT molecular complexity index is 1380. The molecule has 170 valence electrons. The molecule has 1 aromatic carbocycles. The predicted octanol–water partition coefficient (Wildman–Crippen LogP) is -2.02. The molecule has 1 aliphatic heterocycles. The van der Waals surface area contributed by atoms with E-state index in [0.717, 1.165) is 0 Å². The lowest BCUT2D eigenvalue weighted by molar-refractivity contribution is -0.128. The predicted molar refractivity (Wildman–Crippen MR) is 104 cm³/mol. The molecule has 0 spiro atoms. The molecule has 1 aliphatic rings. The fourth-order valence-corrected chi connectivity index (χ4v) is 4.77. The molecule has 0 radical (unpaired) electrons. The summed E-state index contributed by atoms with van der Waals surface area (Å²) in [5.74, 6) is -1.81. The number of nitrogens with zero attached hydrogens (tertiary/aromatic N) is 3. The Morgan fingerprint density at radius 2 is 2.00 bits per heavy atom. The molecule has 1 saturated heterocycles. The summed E-state index contributed by atoms with van der Waals surface area (Å²) in [7, 11) is -6.21. The number of Topliss-reactive ketones (excluding diaryl/α,β-unsaturated/α-hetero) is 1. The monoisotopic (exact) mass is 469 g/mol. The summed E-state index contributed by atoms with van der Waals surface area (Å²) in [4.78, 5) is 31.5. The summed E-state index contributed by atoms with van der Waals surface area (Å²) >= 11 is 0. The SMILES string of the molecule is Nc1nc2c(ncn2[C@]2(C(=O)c3ccccc3)O[C@H](CO)[C@@H](O)[C@]2(O)S(=O)(=O)F)c(=O)[nH]1. The average Bonchev–Trinajstić information content (AvgIpc) is 3.27. The fourth-order valence-electron chi connectivity index (χ4n) is 3.76. The number of hydrogen-bond donors (Lipinski definition) is 5. The first-order chi connectivity index (χ1) is 15.0. The van der Waals surface area contributed by atoms with Crippen LogP contribution < -0.4 is 11.3 Å². The lowest BCUT2D eigenvalue weighted by atomic mass is 9.92. The zero-order valence-corrected chi connectivity index (χ0v) is 16.7. The number of nitrogens with two attached hydrogens (primary N) is 1. The Kier molecular flexibility index (Phi) is 4.90. The highest BCUT2D eigenvalue weighted by Crippen LogP contribution is 2.50. The van der Waals surface area contributed by atoms with Crippen molar-refractivity contribution in [3.05, 3.63) is 52.6 Å². The van der Waals surface area contributed by atoms with Crippen molar-refractivity contribution in [3.63, 3.8) is 0 Å². The smallest absolute Gasteiger partial charge is 0.340 e. The van der Waals surface area contributed by atoms with E-state index < -0.39 is 68.2 Å². The van der Waals surface area contributed by atoms with Crippen molar-refractivity contribution in [2.24, 2.45) is 0 Å². The van der Waals surface area contributed by atoms with Gasteiger partial charge in [-0.15, -0.1) is 3.89 Å². The quantitative estimate of drug-likeness (QED) is 0.203. The van der Waals surface area contributed by atoms with Crippen molar-refractivity contribution in [1.82, 2.24) is 19.5 Å². The lowest BCUT2D eigenvalue weighted by Gasteiger charge is -2.38. The number of fused-ring (bicyclic) bond motifs is 1. The Balaban J connectivity index is 2.17. The van der Waals surface area contributed by atoms with Crippen molar-refractivity contribution >= 4 is 33.1 Å². The minimum atomic E-state index is -6.21. The second kappa shape index (κ2) is 7.14. The van der Waals surface area contributed by atoms with Gasteiger partial charge in [-0.2, -0.15) is 13.4 Å². The summed E-state index contributed by atoms with van der Waals surface area (Å²) in [6, 6.07) is 6.74. The number of halogens is 1. The van der Waals surface area contributed by atoms with Crippen molar-refractivity contribution < 1.29 is 37.2 Å². The Labute approximate surface area is 178 Å². The summed E-state index contributed by atoms with van der Waals surface area (Å²) in [6.45, 7) is -1.11. The van der Waals surface area contributed by atoms with Gasteiger partial charge in [0.2, 0.25) is 11.7 Å². The summed E-state index contributed by atoms with van der Waals surface area (Å²) < 4.78 is 45.0. The summed E-state index contributed by atoms with van der Waals surface area (Å²) in [5.41, 5.74) is 0.0808. The van der Waals surface area contributed by atoms with E-state index >= 15 is 0 Å². The van der Waals surface area contributed by atoms with Gasteiger partial charge in [0, 0.05) is 5.56 Å².